The van der Waals surface area contributed by atoms with Crippen LogP contribution in [0.5, 0.6) is 0 Å². The van der Waals surface area contributed by atoms with Gasteiger partial charge in [0, 0.05) is 31.4 Å². The molecule has 1 aliphatic rings. The molecule has 5 heteroatoms. The molecule has 0 aliphatic carbocycles. The summed E-state index contributed by atoms with van der Waals surface area (Å²) in [7, 11) is 0. The van der Waals surface area contributed by atoms with E-state index in [0.29, 0.717) is 11.5 Å². The van der Waals surface area contributed by atoms with Gasteiger partial charge in [0.2, 0.25) is 5.91 Å². The summed E-state index contributed by atoms with van der Waals surface area (Å²) in [6.07, 6.45) is 3.00. The quantitative estimate of drug-likeness (QED) is 0.857. The number of nitrogens with zero attached hydrogens (tertiary/aromatic N) is 2. The minimum Gasteiger partial charge on any atom is -0.370 e. The van der Waals surface area contributed by atoms with E-state index in [1.807, 2.05) is 30.3 Å². The number of benzene rings is 1. The third kappa shape index (κ3) is 4.29. The van der Waals surface area contributed by atoms with Crippen LogP contribution < -0.4 is 11.1 Å². The van der Waals surface area contributed by atoms with Gasteiger partial charge in [0.05, 0.1) is 0 Å². The highest BCUT2D eigenvalue weighted by Crippen LogP contribution is 2.19. The minimum absolute atomic E-state index is 0.376. The SMILES string of the molecule is NC(=O)c1ccc(CN2CC[C@H](CNc3ccccn3)C2)cc1. The standard InChI is InChI=1S/C18H22N4O/c19-18(23)16-6-4-14(5-7-16)12-22-10-8-15(13-22)11-21-17-3-1-2-9-20-17/h1-7,9,15H,8,10-13H2,(H2,19,23)(H,20,21)/t15-/m1/s1. The maximum atomic E-state index is 11.1. The van der Waals surface area contributed by atoms with Crippen molar-refractivity contribution in [2.75, 3.05) is 25.0 Å². The topological polar surface area (TPSA) is 71.2 Å². The number of amides is 1. The largest absolute Gasteiger partial charge is 0.370 e. The number of carbonyl (C=O) groups excluding carboxylic acids is 1. The summed E-state index contributed by atoms with van der Waals surface area (Å²) in [5.74, 6) is 1.20. The highest BCUT2D eigenvalue weighted by Gasteiger charge is 2.22. The van der Waals surface area contributed by atoms with Crippen molar-refractivity contribution in [2.24, 2.45) is 11.7 Å². The van der Waals surface area contributed by atoms with Gasteiger partial charge in [0.25, 0.3) is 0 Å². The van der Waals surface area contributed by atoms with Crippen LogP contribution in [0.2, 0.25) is 0 Å². The number of nitrogens with two attached hydrogens (primary N) is 1. The molecule has 0 radical (unpaired) electrons. The van der Waals surface area contributed by atoms with Crippen LogP contribution in [0, 0.1) is 5.92 Å². The predicted octanol–water partition coefficient (Wildman–Crippen LogP) is 2.11. The van der Waals surface area contributed by atoms with Gasteiger partial charge in [0.1, 0.15) is 5.82 Å². The third-order valence-electron chi connectivity index (χ3n) is 4.25. The highest BCUT2D eigenvalue weighted by atomic mass is 16.1. The van der Waals surface area contributed by atoms with Gasteiger partial charge < -0.3 is 11.1 Å². The van der Waals surface area contributed by atoms with Crippen LogP contribution in [0.3, 0.4) is 0 Å². The Bertz CT molecular complexity index is 642. The molecule has 3 N–H and O–H groups in total. The second kappa shape index (κ2) is 7.24. The Balaban J connectivity index is 1.47. The number of anilines is 1. The van der Waals surface area contributed by atoms with Crippen molar-refractivity contribution < 1.29 is 4.79 Å². The minimum atomic E-state index is -0.376. The van der Waals surface area contributed by atoms with Crippen molar-refractivity contribution in [2.45, 2.75) is 13.0 Å². The van der Waals surface area contributed by atoms with Crippen LogP contribution in [0.15, 0.2) is 48.7 Å². The van der Waals surface area contributed by atoms with Gasteiger partial charge in [-0.15, -0.1) is 0 Å². The van der Waals surface area contributed by atoms with Crippen molar-refractivity contribution in [3.8, 4) is 0 Å². The van der Waals surface area contributed by atoms with Crippen molar-refractivity contribution in [1.82, 2.24) is 9.88 Å². The van der Waals surface area contributed by atoms with Gasteiger partial charge in [-0.2, -0.15) is 0 Å². The predicted molar refractivity (Wildman–Crippen MR) is 91.1 cm³/mol. The summed E-state index contributed by atoms with van der Waals surface area (Å²) in [5.41, 5.74) is 7.04. The van der Waals surface area contributed by atoms with Crippen LogP contribution in [0.4, 0.5) is 5.82 Å². The lowest BCUT2D eigenvalue weighted by molar-refractivity contribution is 0.100. The Labute approximate surface area is 136 Å². The zero-order valence-corrected chi connectivity index (χ0v) is 13.1. The summed E-state index contributed by atoms with van der Waals surface area (Å²) < 4.78 is 0. The van der Waals surface area contributed by atoms with Crippen LogP contribution in [0.25, 0.3) is 0 Å². The first-order valence-electron chi connectivity index (χ1n) is 7.97. The van der Waals surface area contributed by atoms with Crippen molar-refractivity contribution in [3.63, 3.8) is 0 Å². The molecule has 1 aliphatic heterocycles. The molecule has 2 heterocycles. The Morgan fingerprint density at radius 2 is 2.09 bits per heavy atom. The van der Waals surface area contributed by atoms with Crippen molar-refractivity contribution in [3.05, 3.63) is 59.8 Å². The first-order chi connectivity index (χ1) is 11.2. The van der Waals surface area contributed by atoms with Gasteiger partial charge in [-0.1, -0.05) is 18.2 Å². The number of nitrogens with one attached hydrogen (secondary N) is 1. The normalized spacial score (nSPS) is 18.0. The molecular weight excluding hydrogens is 288 g/mol. The zero-order chi connectivity index (χ0) is 16.1. The number of hydrogen-bond acceptors (Lipinski definition) is 4. The second-order valence-corrected chi connectivity index (χ2v) is 6.05. The molecule has 1 atom stereocenters. The average Bonchev–Trinajstić information content (AvgIpc) is 3.02. The molecule has 5 nitrogen and oxygen atoms in total. The fourth-order valence-electron chi connectivity index (χ4n) is 2.97. The Morgan fingerprint density at radius 3 is 2.78 bits per heavy atom. The van der Waals surface area contributed by atoms with Gasteiger partial charge in [-0.25, -0.2) is 4.98 Å². The summed E-state index contributed by atoms with van der Waals surface area (Å²) in [6, 6.07) is 13.5. The summed E-state index contributed by atoms with van der Waals surface area (Å²) in [5, 5.41) is 3.40. The second-order valence-electron chi connectivity index (χ2n) is 6.05. The van der Waals surface area contributed by atoms with E-state index in [4.69, 9.17) is 5.73 Å². The highest BCUT2D eigenvalue weighted by molar-refractivity contribution is 5.92. The van der Waals surface area contributed by atoms with E-state index < -0.39 is 0 Å². The van der Waals surface area contributed by atoms with Crippen LogP contribution in [-0.2, 0) is 6.54 Å². The summed E-state index contributed by atoms with van der Waals surface area (Å²) >= 11 is 0. The van der Waals surface area contributed by atoms with Crippen LogP contribution in [-0.4, -0.2) is 35.4 Å². The Hall–Kier alpha value is -2.40. The first kappa shape index (κ1) is 15.5. The molecule has 0 bridgehead atoms. The molecule has 2 aromatic rings. The number of hydrogen-bond donors (Lipinski definition) is 2. The lowest BCUT2D eigenvalue weighted by Crippen LogP contribution is -2.23. The van der Waals surface area contributed by atoms with E-state index in [1.165, 1.54) is 12.0 Å². The van der Waals surface area contributed by atoms with Gasteiger partial charge in [-0.3, -0.25) is 9.69 Å². The van der Waals surface area contributed by atoms with Gasteiger partial charge >= 0.3 is 0 Å². The van der Waals surface area contributed by atoms with Crippen molar-refractivity contribution >= 4 is 11.7 Å². The monoisotopic (exact) mass is 310 g/mol. The Kier molecular flexibility index (Phi) is 4.88. The fraction of sp³-hybridized carbons (Fsp3) is 0.333. The third-order valence-corrected chi connectivity index (χ3v) is 4.25. The maximum Gasteiger partial charge on any atom is 0.248 e. The molecular formula is C18H22N4O. The van der Waals surface area contributed by atoms with E-state index in [2.05, 4.69) is 15.2 Å². The lowest BCUT2D eigenvalue weighted by atomic mass is 10.1. The number of aromatic nitrogens is 1. The van der Waals surface area contributed by atoms with Crippen molar-refractivity contribution in [1.29, 1.82) is 0 Å². The lowest BCUT2D eigenvalue weighted by Gasteiger charge is -2.16. The van der Waals surface area contributed by atoms with E-state index in [1.54, 1.807) is 18.3 Å². The van der Waals surface area contributed by atoms with Crippen LogP contribution in [0.1, 0.15) is 22.3 Å². The van der Waals surface area contributed by atoms with E-state index in [-0.39, 0.29) is 5.91 Å². The molecule has 0 unspecified atom stereocenters. The zero-order valence-electron chi connectivity index (χ0n) is 13.1. The molecule has 1 amide bonds. The smallest absolute Gasteiger partial charge is 0.248 e. The van der Waals surface area contributed by atoms with Gasteiger partial charge in [-0.05, 0) is 48.7 Å². The van der Waals surface area contributed by atoms with E-state index >= 15 is 0 Å². The fourth-order valence-corrected chi connectivity index (χ4v) is 2.97. The van der Waals surface area contributed by atoms with Crippen LogP contribution >= 0.6 is 0 Å². The maximum absolute atomic E-state index is 11.1. The molecule has 3 rings (SSSR count). The molecule has 1 saturated heterocycles. The average molecular weight is 310 g/mol. The summed E-state index contributed by atoms with van der Waals surface area (Å²) in [6.45, 7) is 4.05. The number of carbonyl (C=O) groups is 1. The number of pyridine rings is 1. The number of likely N-dealkylation sites (tertiary alicyclic amines) is 1. The van der Waals surface area contributed by atoms with E-state index in [9.17, 15) is 4.79 Å². The molecule has 1 aromatic carbocycles. The molecule has 23 heavy (non-hydrogen) atoms. The summed E-state index contributed by atoms with van der Waals surface area (Å²) in [4.78, 5) is 17.8. The van der Waals surface area contributed by atoms with Gasteiger partial charge in [0.15, 0.2) is 0 Å². The Morgan fingerprint density at radius 1 is 1.26 bits per heavy atom. The molecule has 1 fully saturated rings. The molecule has 0 saturated carbocycles. The molecule has 1 aromatic heterocycles. The number of rotatable bonds is 6. The number of primary amides is 1. The molecule has 0 spiro atoms. The molecule has 120 valence electrons. The van der Waals surface area contributed by atoms with E-state index in [0.717, 1.165) is 32.0 Å². The first-order valence-corrected chi connectivity index (χ1v) is 7.97.